The molecule has 0 saturated heterocycles. The summed E-state index contributed by atoms with van der Waals surface area (Å²) < 4.78 is 13.8. The highest BCUT2D eigenvalue weighted by atomic mass is 35.5. The Kier molecular flexibility index (Phi) is 4.81. The first-order valence-electron chi connectivity index (χ1n) is 5.91. The highest BCUT2D eigenvalue weighted by Gasteiger charge is 2.18. The molecule has 0 aromatic heterocycles. The Labute approximate surface area is 121 Å². The molecule has 2 aromatic carbocycles. The zero-order valence-electron chi connectivity index (χ0n) is 10.1. The maximum atomic E-state index is 13.8. The third-order valence-electron chi connectivity index (χ3n) is 3.08. The van der Waals surface area contributed by atoms with Crippen molar-refractivity contribution < 1.29 is 9.50 Å². The largest absolute Gasteiger partial charge is 0.396 e. The van der Waals surface area contributed by atoms with Gasteiger partial charge in [0.1, 0.15) is 5.82 Å². The van der Waals surface area contributed by atoms with Crippen LogP contribution in [0, 0.1) is 5.82 Å². The maximum Gasteiger partial charge on any atom is 0.127 e. The zero-order chi connectivity index (χ0) is 13.8. The summed E-state index contributed by atoms with van der Waals surface area (Å²) >= 11 is 12.1. The van der Waals surface area contributed by atoms with Crippen LogP contribution in [-0.2, 0) is 6.42 Å². The molecule has 19 heavy (non-hydrogen) atoms. The number of halogens is 3. The van der Waals surface area contributed by atoms with Crippen LogP contribution in [0.25, 0.3) is 0 Å². The maximum absolute atomic E-state index is 13.8. The second kappa shape index (κ2) is 6.38. The Morgan fingerprint density at radius 2 is 1.68 bits per heavy atom. The lowest BCUT2D eigenvalue weighted by atomic mass is 9.92. The van der Waals surface area contributed by atoms with Gasteiger partial charge in [-0.3, -0.25) is 0 Å². The molecule has 4 heteroatoms. The van der Waals surface area contributed by atoms with Crippen molar-refractivity contribution in [2.45, 2.75) is 12.3 Å². The van der Waals surface area contributed by atoms with Gasteiger partial charge in [0, 0.05) is 21.5 Å². The molecule has 0 saturated carbocycles. The van der Waals surface area contributed by atoms with Crippen LogP contribution in [0.15, 0.2) is 42.5 Å². The molecule has 2 aromatic rings. The Morgan fingerprint density at radius 3 is 2.32 bits per heavy atom. The van der Waals surface area contributed by atoms with Crippen molar-refractivity contribution in [2.24, 2.45) is 0 Å². The minimum Gasteiger partial charge on any atom is -0.396 e. The number of hydrogen-bond acceptors (Lipinski definition) is 1. The van der Waals surface area contributed by atoms with E-state index in [0.717, 1.165) is 5.56 Å². The lowest BCUT2D eigenvalue weighted by Crippen LogP contribution is -2.10. The molecule has 2 rings (SSSR count). The third kappa shape index (κ3) is 3.27. The molecule has 1 atom stereocenters. The van der Waals surface area contributed by atoms with E-state index in [4.69, 9.17) is 23.2 Å². The van der Waals surface area contributed by atoms with Crippen LogP contribution in [0.1, 0.15) is 17.0 Å². The Hall–Kier alpha value is -1.09. The second-order valence-electron chi connectivity index (χ2n) is 4.31. The molecule has 0 bridgehead atoms. The van der Waals surface area contributed by atoms with Crippen molar-refractivity contribution in [1.29, 1.82) is 0 Å². The van der Waals surface area contributed by atoms with Crippen molar-refractivity contribution in [3.63, 3.8) is 0 Å². The summed E-state index contributed by atoms with van der Waals surface area (Å²) in [6.07, 6.45) is 0.311. The summed E-state index contributed by atoms with van der Waals surface area (Å²) in [7, 11) is 0. The SMILES string of the molecule is OCC(Cc1c(F)cccc1Cl)c1ccccc1Cl. The lowest BCUT2D eigenvalue weighted by molar-refractivity contribution is 0.264. The molecular weight excluding hydrogens is 286 g/mol. The van der Waals surface area contributed by atoms with Gasteiger partial charge in [0.15, 0.2) is 0 Å². The second-order valence-corrected chi connectivity index (χ2v) is 5.12. The van der Waals surface area contributed by atoms with E-state index in [1.54, 1.807) is 18.2 Å². The predicted molar refractivity (Wildman–Crippen MR) is 76.4 cm³/mol. The predicted octanol–water partition coefficient (Wildman–Crippen LogP) is 4.45. The van der Waals surface area contributed by atoms with Crippen LogP contribution < -0.4 is 0 Å². The van der Waals surface area contributed by atoms with Crippen molar-refractivity contribution in [3.05, 3.63) is 69.5 Å². The minimum atomic E-state index is -0.363. The number of aliphatic hydroxyl groups excluding tert-OH is 1. The smallest absolute Gasteiger partial charge is 0.127 e. The average molecular weight is 299 g/mol. The summed E-state index contributed by atoms with van der Waals surface area (Å²) in [4.78, 5) is 0. The molecule has 0 aliphatic rings. The van der Waals surface area contributed by atoms with Crippen molar-refractivity contribution in [2.75, 3.05) is 6.61 Å². The molecule has 0 heterocycles. The van der Waals surface area contributed by atoms with Gasteiger partial charge in [-0.05, 0) is 30.2 Å². The summed E-state index contributed by atoms with van der Waals surface area (Å²) in [6.45, 7) is -0.117. The number of aliphatic hydroxyl groups is 1. The molecule has 0 amide bonds. The van der Waals surface area contributed by atoms with E-state index in [-0.39, 0.29) is 18.3 Å². The van der Waals surface area contributed by atoms with Crippen LogP contribution in [0.3, 0.4) is 0 Å². The zero-order valence-corrected chi connectivity index (χ0v) is 11.6. The van der Waals surface area contributed by atoms with Crippen LogP contribution in [-0.4, -0.2) is 11.7 Å². The molecule has 0 spiro atoms. The summed E-state index contributed by atoms with van der Waals surface area (Å²) in [5.74, 6) is -0.638. The van der Waals surface area contributed by atoms with Crippen LogP contribution in [0.4, 0.5) is 4.39 Å². The number of benzene rings is 2. The van der Waals surface area contributed by atoms with Gasteiger partial charge in [-0.2, -0.15) is 0 Å². The molecule has 1 nitrogen and oxygen atoms in total. The van der Waals surface area contributed by atoms with E-state index in [0.29, 0.717) is 22.0 Å². The van der Waals surface area contributed by atoms with Gasteiger partial charge >= 0.3 is 0 Å². The van der Waals surface area contributed by atoms with Crippen molar-refractivity contribution in [3.8, 4) is 0 Å². The van der Waals surface area contributed by atoms with Crippen molar-refractivity contribution in [1.82, 2.24) is 0 Å². The fourth-order valence-corrected chi connectivity index (χ4v) is 2.58. The van der Waals surface area contributed by atoms with Gasteiger partial charge in [0.2, 0.25) is 0 Å². The Bertz CT molecular complexity index is 552. The average Bonchev–Trinajstić information content (AvgIpc) is 2.40. The van der Waals surface area contributed by atoms with E-state index >= 15 is 0 Å². The highest BCUT2D eigenvalue weighted by Crippen LogP contribution is 2.30. The Balaban J connectivity index is 2.32. The molecule has 1 N–H and O–H groups in total. The highest BCUT2D eigenvalue weighted by molar-refractivity contribution is 6.31. The fraction of sp³-hybridized carbons (Fsp3) is 0.200. The van der Waals surface area contributed by atoms with Crippen LogP contribution in [0.5, 0.6) is 0 Å². The van der Waals surface area contributed by atoms with Crippen LogP contribution in [0.2, 0.25) is 10.0 Å². The minimum absolute atomic E-state index is 0.117. The standard InChI is InChI=1S/C15H13Cl2FO/c16-13-5-2-1-4-11(13)10(9-19)8-12-14(17)6-3-7-15(12)18/h1-7,10,19H,8-9H2. The van der Waals surface area contributed by atoms with E-state index in [1.807, 2.05) is 18.2 Å². The third-order valence-corrected chi connectivity index (χ3v) is 3.78. The van der Waals surface area contributed by atoms with E-state index in [2.05, 4.69) is 0 Å². The quantitative estimate of drug-likeness (QED) is 0.884. The summed E-state index contributed by atoms with van der Waals surface area (Å²) in [5, 5.41) is 10.5. The Morgan fingerprint density at radius 1 is 1.00 bits per heavy atom. The van der Waals surface area contributed by atoms with Gasteiger partial charge in [0.05, 0.1) is 6.61 Å². The summed E-state index contributed by atoms with van der Waals surface area (Å²) in [5.41, 5.74) is 1.20. The monoisotopic (exact) mass is 298 g/mol. The molecule has 0 aliphatic heterocycles. The van der Waals surface area contributed by atoms with E-state index in [1.165, 1.54) is 6.07 Å². The molecule has 0 radical (unpaired) electrons. The molecule has 1 unspecified atom stereocenters. The van der Waals surface area contributed by atoms with Gasteiger partial charge in [-0.15, -0.1) is 0 Å². The lowest BCUT2D eigenvalue weighted by Gasteiger charge is -2.17. The normalized spacial score (nSPS) is 12.4. The molecular formula is C15H13Cl2FO. The topological polar surface area (TPSA) is 20.2 Å². The van der Waals surface area contributed by atoms with Crippen LogP contribution >= 0.6 is 23.2 Å². The first-order valence-corrected chi connectivity index (χ1v) is 6.67. The van der Waals surface area contributed by atoms with Gasteiger partial charge in [-0.1, -0.05) is 47.5 Å². The van der Waals surface area contributed by atoms with Crippen molar-refractivity contribution >= 4 is 23.2 Å². The van der Waals surface area contributed by atoms with Gasteiger partial charge in [-0.25, -0.2) is 4.39 Å². The molecule has 100 valence electrons. The number of rotatable bonds is 4. The van der Waals surface area contributed by atoms with Gasteiger partial charge < -0.3 is 5.11 Å². The van der Waals surface area contributed by atoms with E-state index < -0.39 is 0 Å². The first-order chi connectivity index (χ1) is 9.13. The van der Waals surface area contributed by atoms with Gasteiger partial charge in [0.25, 0.3) is 0 Å². The van der Waals surface area contributed by atoms with E-state index in [9.17, 15) is 9.50 Å². The first kappa shape index (κ1) is 14.3. The molecule has 0 aliphatic carbocycles. The summed E-state index contributed by atoms with van der Waals surface area (Å²) in [6, 6.07) is 11.8. The fourth-order valence-electron chi connectivity index (χ4n) is 2.05. The number of hydrogen-bond donors (Lipinski definition) is 1. The molecule has 0 fully saturated rings.